The number of nitrogens with one attached hydrogen (secondary N) is 1. The molecule has 4 aromatic heterocycles. The molecule has 0 radical (unpaired) electrons. The molecule has 4 aromatic rings. The van der Waals surface area contributed by atoms with Crippen molar-refractivity contribution in [1.29, 1.82) is 0 Å². The summed E-state index contributed by atoms with van der Waals surface area (Å²) in [5.74, 6) is 1.41. The van der Waals surface area contributed by atoms with Crippen LogP contribution in [0.2, 0.25) is 0 Å². The van der Waals surface area contributed by atoms with Crippen LogP contribution in [0.1, 0.15) is 54.8 Å². The van der Waals surface area contributed by atoms with E-state index in [1.807, 2.05) is 21.4 Å². The summed E-state index contributed by atoms with van der Waals surface area (Å²) in [5.41, 5.74) is 2.26. The summed E-state index contributed by atoms with van der Waals surface area (Å²) in [7, 11) is 0. The van der Waals surface area contributed by atoms with E-state index in [0.29, 0.717) is 28.3 Å². The van der Waals surface area contributed by atoms with Crippen molar-refractivity contribution in [1.82, 2.24) is 34.3 Å². The van der Waals surface area contributed by atoms with E-state index in [1.54, 1.807) is 30.3 Å². The van der Waals surface area contributed by atoms with Gasteiger partial charge in [0, 0.05) is 29.7 Å². The number of imidazole rings is 1. The molecule has 0 unspecified atom stereocenters. The zero-order valence-electron chi connectivity index (χ0n) is 16.6. The van der Waals surface area contributed by atoms with E-state index in [0.717, 1.165) is 11.4 Å². The van der Waals surface area contributed by atoms with E-state index >= 15 is 0 Å². The normalized spacial score (nSPS) is 13.7. The van der Waals surface area contributed by atoms with Gasteiger partial charge in [-0.15, -0.1) is 21.5 Å². The molecule has 9 nitrogen and oxygen atoms in total. The lowest BCUT2D eigenvalue weighted by molar-refractivity contribution is 0.102. The first-order valence-electron chi connectivity index (χ1n) is 9.75. The molecule has 0 spiro atoms. The Hall–Kier alpha value is -3.40. The summed E-state index contributed by atoms with van der Waals surface area (Å²) in [5, 5.41) is 13.4. The first-order valence-corrected chi connectivity index (χ1v) is 10.6. The van der Waals surface area contributed by atoms with Crippen LogP contribution in [0.3, 0.4) is 0 Å². The Kier molecular flexibility index (Phi) is 4.62. The Bertz CT molecular complexity index is 1200. The highest BCUT2D eigenvalue weighted by molar-refractivity contribution is 7.13. The number of pyridine rings is 1. The van der Waals surface area contributed by atoms with Crippen molar-refractivity contribution in [2.45, 2.75) is 38.6 Å². The molecule has 0 bridgehead atoms. The third-order valence-electron chi connectivity index (χ3n) is 4.94. The molecule has 0 saturated heterocycles. The average molecular weight is 421 g/mol. The number of hydrogen-bond acceptors (Lipinski definition) is 7. The molecule has 1 amide bonds. The second-order valence-electron chi connectivity index (χ2n) is 7.53. The van der Waals surface area contributed by atoms with Crippen molar-refractivity contribution in [3.63, 3.8) is 0 Å². The molecule has 1 aliphatic rings. The zero-order valence-corrected chi connectivity index (χ0v) is 17.4. The number of nitrogens with zero attached hydrogens (tertiary/aromatic N) is 7. The predicted octanol–water partition coefficient (Wildman–Crippen LogP) is 3.69. The summed E-state index contributed by atoms with van der Waals surface area (Å²) in [6, 6.07) is 3.82. The number of thiazole rings is 1. The van der Waals surface area contributed by atoms with Crippen molar-refractivity contribution in [3.05, 3.63) is 53.9 Å². The summed E-state index contributed by atoms with van der Waals surface area (Å²) in [6.45, 7) is 4.10. The standard InChI is InChI=1S/C20H20N8OS/c1-12(2)28-11-23-26-18(28)20-25-17(9-30-20)24-19(29)15-7-14(5-6-21-15)27-8-16(22-10-27)13-3-4-13/h5-13H,3-4H2,1-2H3,(H,24,29). The Balaban J connectivity index is 1.33. The van der Waals surface area contributed by atoms with Gasteiger partial charge < -0.3 is 14.5 Å². The fraction of sp³-hybridized carbons (Fsp3) is 0.300. The number of carbonyl (C=O) groups is 1. The van der Waals surface area contributed by atoms with E-state index in [1.165, 1.54) is 24.2 Å². The summed E-state index contributed by atoms with van der Waals surface area (Å²) >= 11 is 1.41. The number of rotatable bonds is 6. The second-order valence-corrected chi connectivity index (χ2v) is 8.39. The fourth-order valence-corrected chi connectivity index (χ4v) is 3.90. The maximum Gasteiger partial charge on any atom is 0.275 e. The zero-order chi connectivity index (χ0) is 20.7. The van der Waals surface area contributed by atoms with E-state index < -0.39 is 0 Å². The minimum atomic E-state index is -0.318. The molecule has 1 saturated carbocycles. The van der Waals surface area contributed by atoms with Gasteiger partial charge in [-0.1, -0.05) is 0 Å². The SMILES string of the molecule is CC(C)n1cnnc1-c1nc(NC(=O)c2cc(-n3cnc(C4CC4)c3)ccn2)cs1. The lowest BCUT2D eigenvalue weighted by atomic mass is 10.3. The van der Waals surface area contributed by atoms with Gasteiger partial charge >= 0.3 is 0 Å². The van der Waals surface area contributed by atoms with Crippen LogP contribution in [0, 0.1) is 0 Å². The topological polar surface area (TPSA) is 103 Å². The highest BCUT2D eigenvalue weighted by Crippen LogP contribution is 2.39. The van der Waals surface area contributed by atoms with Gasteiger partial charge in [-0.25, -0.2) is 9.97 Å². The molecule has 1 N–H and O–H groups in total. The van der Waals surface area contributed by atoms with Gasteiger partial charge in [0.25, 0.3) is 5.91 Å². The quantitative estimate of drug-likeness (QED) is 0.510. The molecule has 10 heteroatoms. The molecule has 1 fully saturated rings. The van der Waals surface area contributed by atoms with Crippen LogP contribution < -0.4 is 5.32 Å². The summed E-state index contributed by atoms with van der Waals surface area (Å²) in [6.07, 6.45) is 9.50. The molecule has 30 heavy (non-hydrogen) atoms. The third kappa shape index (κ3) is 3.61. The highest BCUT2D eigenvalue weighted by Gasteiger charge is 2.26. The van der Waals surface area contributed by atoms with Gasteiger partial charge in [-0.3, -0.25) is 9.78 Å². The van der Waals surface area contributed by atoms with Crippen LogP contribution in [0.25, 0.3) is 16.5 Å². The molecular weight excluding hydrogens is 400 g/mol. The highest BCUT2D eigenvalue weighted by atomic mass is 32.1. The first-order chi connectivity index (χ1) is 14.6. The molecule has 0 aliphatic heterocycles. The Morgan fingerprint density at radius 1 is 1.27 bits per heavy atom. The molecular formula is C20H20N8OS. The molecule has 0 atom stereocenters. The van der Waals surface area contributed by atoms with Crippen LogP contribution in [-0.2, 0) is 0 Å². The Morgan fingerprint density at radius 3 is 2.93 bits per heavy atom. The monoisotopic (exact) mass is 420 g/mol. The number of amides is 1. The second kappa shape index (κ2) is 7.45. The van der Waals surface area contributed by atoms with Crippen LogP contribution in [-0.4, -0.2) is 40.2 Å². The number of hydrogen-bond donors (Lipinski definition) is 1. The maximum absolute atomic E-state index is 12.7. The maximum atomic E-state index is 12.7. The van der Waals surface area contributed by atoms with E-state index in [9.17, 15) is 4.79 Å². The number of aromatic nitrogens is 7. The molecule has 1 aliphatic carbocycles. The van der Waals surface area contributed by atoms with Gasteiger partial charge in [0.1, 0.15) is 17.8 Å². The lowest BCUT2D eigenvalue weighted by Gasteiger charge is -2.07. The number of anilines is 1. The van der Waals surface area contributed by atoms with Gasteiger partial charge in [-0.05, 0) is 38.8 Å². The molecule has 5 rings (SSSR count). The fourth-order valence-electron chi connectivity index (χ4n) is 3.16. The van der Waals surface area contributed by atoms with Gasteiger partial charge in [-0.2, -0.15) is 0 Å². The van der Waals surface area contributed by atoms with E-state index in [2.05, 4.69) is 44.3 Å². The first kappa shape index (κ1) is 18.6. The van der Waals surface area contributed by atoms with Crippen LogP contribution >= 0.6 is 11.3 Å². The largest absolute Gasteiger partial charge is 0.309 e. The molecule has 152 valence electrons. The lowest BCUT2D eigenvalue weighted by Crippen LogP contribution is -2.14. The van der Waals surface area contributed by atoms with Crippen molar-refractivity contribution in [2.75, 3.05) is 5.32 Å². The Labute approximate surface area is 176 Å². The summed E-state index contributed by atoms with van der Waals surface area (Å²) in [4.78, 5) is 25.9. The summed E-state index contributed by atoms with van der Waals surface area (Å²) < 4.78 is 3.86. The number of carbonyl (C=O) groups excluding carboxylic acids is 1. The van der Waals surface area contributed by atoms with E-state index in [-0.39, 0.29) is 11.9 Å². The van der Waals surface area contributed by atoms with Crippen LogP contribution in [0.4, 0.5) is 5.82 Å². The average Bonchev–Trinajstić information content (AvgIpc) is 3.15. The van der Waals surface area contributed by atoms with Gasteiger partial charge in [0.2, 0.25) is 0 Å². The van der Waals surface area contributed by atoms with Gasteiger partial charge in [0.15, 0.2) is 10.8 Å². The van der Waals surface area contributed by atoms with E-state index in [4.69, 9.17) is 0 Å². The minimum Gasteiger partial charge on any atom is -0.309 e. The minimum absolute atomic E-state index is 0.215. The van der Waals surface area contributed by atoms with Crippen molar-refractivity contribution < 1.29 is 4.79 Å². The molecule has 0 aromatic carbocycles. The smallest absolute Gasteiger partial charge is 0.275 e. The Morgan fingerprint density at radius 2 is 2.13 bits per heavy atom. The predicted molar refractivity (Wildman–Crippen MR) is 113 cm³/mol. The van der Waals surface area contributed by atoms with Crippen LogP contribution in [0.15, 0.2) is 42.6 Å². The van der Waals surface area contributed by atoms with Crippen molar-refractivity contribution >= 4 is 23.1 Å². The molecule has 4 heterocycles. The van der Waals surface area contributed by atoms with Crippen molar-refractivity contribution in [3.8, 4) is 16.5 Å². The third-order valence-corrected chi connectivity index (χ3v) is 5.78. The van der Waals surface area contributed by atoms with Crippen LogP contribution in [0.5, 0.6) is 0 Å². The van der Waals surface area contributed by atoms with Gasteiger partial charge in [0.05, 0.1) is 17.7 Å². The van der Waals surface area contributed by atoms with Crippen molar-refractivity contribution in [2.24, 2.45) is 0 Å².